The molecule has 0 atom stereocenters. The largest absolute Gasteiger partial charge is 0.341 e. The molecule has 1 aromatic heterocycles. The minimum absolute atomic E-state index is 0.215. The van der Waals surface area contributed by atoms with Crippen LogP contribution in [0.25, 0.3) is 11.4 Å². The van der Waals surface area contributed by atoms with Gasteiger partial charge in [0.2, 0.25) is 11.2 Å². The van der Waals surface area contributed by atoms with E-state index in [1.54, 1.807) is 0 Å². The normalized spacial score (nSPS) is 10.5. The molecule has 6 heteroatoms. The Hall–Kier alpha value is -1.20. The van der Waals surface area contributed by atoms with Crippen LogP contribution >= 0.6 is 27.5 Å². The molecule has 0 unspecified atom stereocenters. The van der Waals surface area contributed by atoms with E-state index in [1.807, 2.05) is 29.2 Å². The number of anilines is 1. The third-order valence-electron chi connectivity index (χ3n) is 2.73. The second-order valence-electron chi connectivity index (χ2n) is 3.91. The lowest BCUT2D eigenvalue weighted by Gasteiger charge is -2.18. The molecule has 0 radical (unpaired) electrons. The molecule has 2 aromatic rings. The molecule has 0 N–H and O–H groups in total. The molecule has 4 nitrogen and oxygen atoms in total. The highest BCUT2D eigenvalue weighted by molar-refractivity contribution is 9.10. The van der Waals surface area contributed by atoms with E-state index in [9.17, 15) is 0 Å². The Morgan fingerprint density at radius 1 is 1.16 bits per heavy atom. The van der Waals surface area contributed by atoms with Crippen molar-refractivity contribution in [1.29, 1.82) is 0 Å². The number of rotatable bonds is 4. The average Bonchev–Trinajstić information content (AvgIpc) is 2.39. The lowest BCUT2D eigenvalue weighted by atomic mass is 10.2. The van der Waals surface area contributed by atoms with Crippen molar-refractivity contribution in [2.75, 3.05) is 18.0 Å². The molecule has 2 rings (SSSR count). The van der Waals surface area contributed by atoms with Crippen LogP contribution in [0.5, 0.6) is 0 Å². The summed E-state index contributed by atoms with van der Waals surface area (Å²) in [6, 6.07) is 7.80. The summed E-state index contributed by atoms with van der Waals surface area (Å²) < 4.78 is 0.978. The first-order valence-electron chi connectivity index (χ1n) is 6.06. The number of benzene rings is 1. The lowest BCUT2D eigenvalue weighted by Crippen LogP contribution is -2.24. The second kappa shape index (κ2) is 6.30. The smallest absolute Gasteiger partial charge is 0.230 e. The van der Waals surface area contributed by atoms with Crippen LogP contribution < -0.4 is 4.90 Å². The Bertz CT molecular complexity index is 572. The highest BCUT2D eigenvalue weighted by atomic mass is 79.9. The van der Waals surface area contributed by atoms with Crippen LogP contribution in [0.3, 0.4) is 0 Å². The molecule has 19 heavy (non-hydrogen) atoms. The number of hydrogen-bond donors (Lipinski definition) is 0. The van der Waals surface area contributed by atoms with Crippen molar-refractivity contribution in [3.63, 3.8) is 0 Å². The molecule has 0 bridgehead atoms. The van der Waals surface area contributed by atoms with Gasteiger partial charge in [-0.15, -0.1) is 0 Å². The molecule has 0 saturated heterocycles. The van der Waals surface area contributed by atoms with E-state index in [1.165, 1.54) is 0 Å². The zero-order valence-corrected chi connectivity index (χ0v) is 13.1. The summed E-state index contributed by atoms with van der Waals surface area (Å²) >= 11 is 9.44. The molecule has 100 valence electrons. The van der Waals surface area contributed by atoms with E-state index < -0.39 is 0 Å². The second-order valence-corrected chi connectivity index (χ2v) is 5.16. The fourth-order valence-electron chi connectivity index (χ4n) is 1.74. The van der Waals surface area contributed by atoms with E-state index in [-0.39, 0.29) is 5.28 Å². The molecule has 0 aliphatic carbocycles. The topological polar surface area (TPSA) is 41.9 Å². The Balaban J connectivity index is 2.47. The molecular weight excluding hydrogens is 328 g/mol. The maximum Gasteiger partial charge on any atom is 0.230 e. The number of aromatic nitrogens is 3. The van der Waals surface area contributed by atoms with Crippen LogP contribution in [0.4, 0.5) is 5.95 Å². The number of nitrogens with zero attached hydrogens (tertiary/aromatic N) is 4. The Kier molecular flexibility index (Phi) is 4.71. The first-order chi connectivity index (χ1) is 9.13. The fourth-order valence-corrected chi connectivity index (χ4v) is 2.30. The predicted octanol–water partition coefficient (Wildman–Crippen LogP) is 3.80. The number of halogens is 2. The predicted molar refractivity (Wildman–Crippen MR) is 81.5 cm³/mol. The molecule has 0 spiro atoms. The van der Waals surface area contributed by atoms with Crippen molar-refractivity contribution >= 4 is 33.5 Å². The summed E-state index contributed by atoms with van der Waals surface area (Å²) in [6.45, 7) is 5.77. The first kappa shape index (κ1) is 14.2. The molecule has 0 aliphatic rings. The molecule has 1 aromatic carbocycles. The zero-order chi connectivity index (χ0) is 13.8. The van der Waals surface area contributed by atoms with E-state index in [4.69, 9.17) is 11.6 Å². The summed E-state index contributed by atoms with van der Waals surface area (Å²) in [4.78, 5) is 14.9. The summed E-state index contributed by atoms with van der Waals surface area (Å²) in [5.41, 5.74) is 0.909. The van der Waals surface area contributed by atoms with Gasteiger partial charge in [-0.1, -0.05) is 28.1 Å². The zero-order valence-electron chi connectivity index (χ0n) is 10.8. The Morgan fingerprint density at radius 2 is 1.89 bits per heavy atom. The van der Waals surface area contributed by atoms with Crippen LogP contribution in [0, 0.1) is 0 Å². The third-order valence-corrected chi connectivity index (χ3v) is 3.39. The van der Waals surface area contributed by atoms with E-state index in [0.717, 1.165) is 23.1 Å². The van der Waals surface area contributed by atoms with Gasteiger partial charge in [-0.2, -0.15) is 15.0 Å². The highest BCUT2D eigenvalue weighted by Crippen LogP contribution is 2.22. The van der Waals surface area contributed by atoms with Crippen molar-refractivity contribution in [3.8, 4) is 11.4 Å². The van der Waals surface area contributed by atoms with Crippen LogP contribution in [0.2, 0.25) is 5.28 Å². The van der Waals surface area contributed by atoms with E-state index in [0.29, 0.717) is 11.8 Å². The van der Waals surface area contributed by atoms with Gasteiger partial charge in [-0.25, -0.2) is 0 Å². The minimum atomic E-state index is 0.215. The molecule has 0 amide bonds. The summed E-state index contributed by atoms with van der Waals surface area (Å²) in [7, 11) is 0. The van der Waals surface area contributed by atoms with Gasteiger partial charge in [0.15, 0.2) is 5.82 Å². The van der Waals surface area contributed by atoms with Crippen molar-refractivity contribution in [2.24, 2.45) is 0 Å². The Labute approximate surface area is 126 Å². The van der Waals surface area contributed by atoms with Gasteiger partial charge >= 0.3 is 0 Å². The van der Waals surface area contributed by atoms with Gasteiger partial charge in [-0.05, 0) is 37.6 Å². The maximum atomic E-state index is 6.00. The molecule has 0 fully saturated rings. The van der Waals surface area contributed by atoms with Gasteiger partial charge in [0.05, 0.1) is 0 Å². The molecule has 1 heterocycles. The van der Waals surface area contributed by atoms with Crippen LogP contribution in [0.15, 0.2) is 28.7 Å². The third kappa shape index (κ3) is 3.42. The lowest BCUT2D eigenvalue weighted by molar-refractivity contribution is 0.813. The average molecular weight is 342 g/mol. The standard InChI is InChI=1S/C13H14BrClN4/c1-3-19(4-2)13-17-11(16-12(15)18-13)9-6-5-7-10(14)8-9/h5-8H,3-4H2,1-2H3. The first-order valence-corrected chi connectivity index (χ1v) is 7.23. The van der Waals surface area contributed by atoms with Crippen molar-refractivity contribution in [3.05, 3.63) is 34.0 Å². The van der Waals surface area contributed by atoms with E-state index in [2.05, 4.69) is 44.7 Å². The Morgan fingerprint density at radius 3 is 2.53 bits per heavy atom. The minimum Gasteiger partial charge on any atom is -0.341 e. The van der Waals surface area contributed by atoms with E-state index >= 15 is 0 Å². The fraction of sp³-hybridized carbons (Fsp3) is 0.308. The highest BCUT2D eigenvalue weighted by Gasteiger charge is 2.11. The van der Waals surface area contributed by atoms with Crippen molar-refractivity contribution in [2.45, 2.75) is 13.8 Å². The van der Waals surface area contributed by atoms with Crippen molar-refractivity contribution < 1.29 is 0 Å². The molecule has 0 saturated carbocycles. The van der Waals surface area contributed by atoms with Gasteiger partial charge < -0.3 is 4.90 Å². The van der Waals surface area contributed by atoms with Gasteiger partial charge in [0, 0.05) is 23.1 Å². The summed E-state index contributed by atoms with van der Waals surface area (Å²) in [5, 5.41) is 0.215. The van der Waals surface area contributed by atoms with Crippen LogP contribution in [0.1, 0.15) is 13.8 Å². The maximum absolute atomic E-state index is 6.00. The molecule has 0 aliphatic heterocycles. The van der Waals surface area contributed by atoms with Gasteiger partial charge in [0.1, 0.15) is 0 Å². The number of hydrogen-bond acceptors (Lipinski definition) is 4. The van der Waals surface area contributed by atoms with Crippen molar-refractivity contribution in [1.82, 2.24) is 15.0 Å². The van der Waals surface area contributed by atoms with Crippen LogP contribution in [-0.2, 0) is 0 Å². The summed E-state index contributed by atoms with van der Waals surface area (Å²) in [5.74, 6) is 1.20. The van der Waals surface area contributed by atoms with Gasteiger partial charge in [0.25, 0.3) is 0 Å². The monoisotopic (exact) mass is 340 g/mol. The SMILES string of the molecule is CCN(CC)c1nc(Cl)nc(-c2cccc(Br)c2)n1. The molecular formula is C13H14BrClN4. The van der Waals surface area contributed by atoms with Gasteiger partial charge in [-0.3, -0.25) is 0 Å². The van der Waals surface area contributed by atoms with Crippen LogP contribution in [-0.4, -0.2) is 28.0 Å². The quantitative estimate of drug-likeness (QED) is 0.848. The summed E-state index contributed by atoms with van der Waals surface area (Å²) in [6.07, 6.45) is 0.